The van der Waals surface area contributed by atoms with Gasteiger partial charge < -0.3 is 44.7 Å². The van der Waals surface area contributed by atoms with E-state index in [0.29, 0.717) is 64.2 Å². The molecule has 524 valence electrons. The Morgan fingerprint density at radius 3 is 1.04 bits per heavy atom. The summed E-state index contributed by atoms with van der Waals surface area (Å²) in [7, 11) is 3.35. The Morgan fingerprint density at radius 1 is 0.348 bits per heavy atom. The highest BCUT2D eigenvalue weighted by molar-refractivity contribution is 8.76. The molecule has 0 aliphatic carbocycles. The van der Waals surface area contributed by atoms with Gasteiger partial charge in [-0.15, -0.1) is 0 Å². The quantitative estimate of drug-likeness (QED) is 0.0298. The molecule has 6 amide bonds. The van der Waals surface area contributed by atoms with Crippen LogP contribution in [0.4, 0.5) is 19.2 Å². The number of alkyl carbamates (subject to hydrolysis) is 1. The molecule has 0 rings (SSSR count). The number of carbonyl (C=O) groups excluding carboxylic acids is 6. The summed E-state index contributed by atoms with van der Waals surface area (Å²) in [6.45, 7) is 27.9. The molecule has 1 atom stereocenters. The van der Waals surface area contributed by atoms with Gasteiger partial charge in [-0.25, -0.2) is 19.2 Å². The summed E-state index contributed by atoms with van der Waals surface area (Å²) in [5.41, 5.74) is -2.96. The summed E-state index contributed by atoms with van der Waals surface area (Å²) in [5.74, 6) is 0.661. The lowest BCUT2D eigenvalue weighted by atomic mass is 10.0. The van der Waals surface area contributed by atoms with E-state index in [1.165, 1.54) is 185 Å². The average Bonchev–Trinajstić information content (AvgIpc) is 3.07. The largest absolute Gasteiger partial charge is 0.444 e. The van der Waals surface area contributed by atoms with E-state index < -0.39 is 58.7 Å². The van der Waals surface area contributed by atoms with Crippen molar-refractivity contribution in [2.24, 2.45) is 0 Å². The molecule has 3 N–H and O–H groups in total. The fourth-order valence-electron chi connectivity index (χ4n) is 10.1. The van der Waals surface area contributed by atoms with Crippen molar-refractivity contribution in [3.63, 3.8) is 0 Å². The third-order valence-corrected chi connectivity index (χ3v) is 17.4. The second-order valence-electron chi connectivity index (χ2n) is 28.8. The first kappa shape index (κ1) is 85.7. The molecule has 0 spiro atoms. The lowest BCUT2D eigenvalue weighted by Crippen LogP contribution is -2.52. The van der Waals surface area contributed by atoms with Crippen LogP contribution < -0.4 is 16.0 Å². The minimum atomic E-state index is -0.842. The number of unbranched alkanes of at least 4 members (excludes halogenated alkanes) is 31. The Hall–Kier alpha value is -3.28. The second-order valence-corrected chi connectivity index (χ2v) is 31.4. The fraction of sp³-hybridized carbons (Fsp3) is 0.915. The number of hydrogen-bond acceptors (Lipinski definition) is 12. The van der Waals surface area contributed by atoms with Crippen LogP contribution in [0.5, 0.6) is 0 Å². The van der Waals surface area contributed by atoms with Crippen molar-refractivity contribution >= 4 is 57.8 Å². The second kappa shape index (κ2) is 53.1. The molecule has 0 bridgehead atoms. The number of nitrogens with one attached hydrogen (secondary N) is 3. The minimum Gasteiger partial charge on any atom is -0.444 e. The molecule has 89 heavy (non-hydrogen) atoms. The third kappa shape index (κ3) is 57.1. The molecule has 0 aliphatic rings. The van der Waals surface area contributed by atoms with Crippen LogP contribution in [0, 0.1) is 0 Å². The molecule has 0 heterocycles. The Morgan fingerprint density at radius 2 is 0.663 bits per heavy atom. The van der Waals surface area contributed by atoms with Crippen LogP contribution in [-0.4, -0.2) is 143 Å². The molecular weight excluding hydrogens is 1160 g/mol. The summed E-state index contributed by atoms with van der Waals surface area (Å²) in [5, 5.41) is 8.85. The van der Waals surface area contributed by atoms with Crippen LogP contribution in [0.1, 0.15) is 328 Å². The zero-order valence-electron chi connectivity index (χ0n) is 59.8. The highest BCUT2D eigenvalue weighted by Gasteiger charge is 2.29. The molecule has 18 heteroatoms. The van der Waals surface area contributed by atoms with Crippen molar-refractivity contribution in [3.05, 3.63) is 0 Å². The van der Waals surface area contributed by atoms with E-state index in [1.807, 2.05) is 20.8 Å². The van der Waals surface area contributed by atoms with E-state index in [1.54, 1.807) is 93.7 Å². The van der Waals surface area contributed by atoms with Gasteiger partial charge in [0.25, 0.3) is 0 Å². The van der Waals surface area contributed by atoms with Gasteiger partial charge in [0.15, 0.2) is 0 Å². The Labute approximate surface area is 553 Å². The zero-order valence-corrected chi connectivity index (χ0v) is 61.5. The van der Waals surface area contributed by atoms with Crippen molar-refractivity contribution in [1.82, 2.24) is 30.7 Å². The first-order chi connectivity index (χ1) is 42.2. The standard InChI is InChI=1S/C71H138N6O10S2/c1-15-17-19-21-23-25-27-29-31-33-35-37-39-41-43-45-51-72-63(79)61(60-89-88-58-48-44-42-40-38-36-34-32-30-28-26-24-22-20-18-16-2)74-62(78)59-77(67(83)87-71(12,13)14)57-50-56-76(66(82)86-70(9,10)11)54-47-46-53-75(65(81)85-69(6,7)8)55-49-52-73-64(80)84-68(3,4)5/h61H,15-60H2,1-14H3,(H,72,79)(H,73,80)(H,74,78)/t61-/m0/s1. The first-order valence-corrected chi connectivity index (χ1v) is 38.4. The summed E-state index contributed by atoms with van der Waals surface area (Å²) < 4.78 is 22.7. The smallest absolute Gasteiger partial charge is 0.410 e. The van der Waals surface area contributed by atoms with Crippen LogP contribution in [0.3, 0.4) is 0 Å². The SMILES string of the molecule is CCCCCCCCCCCCCCCCCCNC(=O)[C@H](CSSCCCCCCCCCCCCCCCCCC)NC(=O)CN(CCCN(CCCCN(CCCNC(=O)OC(C)(C)C)C(=O)OC(C)(C)C)C(=O)OC(C)(C)C)C(=O)OC(C)(C)C. The van der Waals surface area contributed by atoms with E-state index in [0.717, 1.165) is 31.4 Å². The molecule has 0 saturated heterocycles. The molecular formula is C71H138N6O10S2. The van der Waals surface area contributed by atoms with Crippen LogP contribution >= 0.6 is 21.6 Å². The normalized spacial score (nSPS) is 12.3. The number of hydrogen-bond donors (Lipinski definition) is 3. The van der Waals surface area contributed by atoms with Crippen LogP contribution in [0.2, 0.25) is 0 Å². The van der Waals surface area contributed by atoms with Gasteiger partial charge in [0, 0.05) is 57.3 Å². The van der Waals surface area contributed by atoms with Gasteiger partial charge in [-0.3, -0.25) is 14.5 Å². The highest BCUT2D eigenvalue weighted by Crippen LogP contribution is 2.25. The van der Waals surface area contributed by atoms with Gasteiger partial charge in [-0.1, -0.05) is 228 Å². The van der Waals surface area contributed by atoms with Crippen LogP contribution in [0.15, 0.2) is 0 Å². The van der Waals surface area contributed by atoms with Crippen molar-refractivity contribution in [2.45, 2.75) is 357 Å². The lowest BCUT2D eigenvalue weighted by molar-refractivity contribution is -0.129. The molecule has 0 saturated carbocycles. The lowest BCUT2D eigenvalue weighted by Gasteiger charge is -2.30. The molecule has 0 aliphatic heterocycles. The molecule has 16 nitrogen and oxygen atoms in total. The monoisotopic (exact) mass is 1300 g/mol. The molecule has 0 aromatic carbocycles. The number of rotatable bonds is 54. The fourth-order valence-corrected chi connectivity index (χ4v) is 12.4. The molecule has 0 unspecified atom stereocenters. The van der Waals surface area contributed by atoms with Crippen molar-refractivity contribution < 1.29 is 47.7 Å². The predicted octanol–water partition coefficient (Wildman–Crippen LogP) is 19.3. The Bertz CT molecular complexity index is 1800. The van der Waals surface area contributed by atoms with E-state index in [-0.39, 0.29) is 25.5 Å². The van der Waals surface area contributed by atoms with Gasteiger partial charge in [-0.05, 0) is 122 Å². The van der Waals surface area contributed by atoms with E-state index in [2.05, 4.69) is 29.8 Å². The summed E-state index contributed by atoms with van der Waals surface area (Å²) in [4.78, 5) is 85.6. The van der Waals surface area contributed by atoms with Crippen molar-refractivity contribution in [2.75, 3.05) is 63.9 Å². The minimum absolute atomic E-state index is 0.0887. The maximum Gasteiger partial charge on any atom is 0.410 e. The predicted molar refractivity (Wildman–Crippen MR) is 375 cm³/mol. The topological polar surface area (TPSA) is 185 Å². The molecule has 0 aromatic heterocycles. The first-order valence-electron chi connectivity index (χ1n) is 35.9. The third-order valence-electron chi connectivity index (χ3n) is 14.9. The molecule has 0 fully saturated rings. The molecule has 0 radical (unpaired) electrons. The molecule has 0 aromatic rings. The van der Waals surface area contributed by atoms with Gasteiger partial charge in [0.05, 0.1) is 0 Å². The Kier molecular flexibility index (Phi) is 51.2. The van der Waals surface area contributed by atoms with Gasteiger partial charge in [0.1, 0.15) is 35.0 Å². The summed E-state index contributed by atoms with van der Waals surface area (Å²) in [6, 6.07) is -0.796. The van der Waals surface area contributed by atoms with Gasteiger partial charge >= 0.3 is 24.4 Å². The summed E-state index contributed by atoms with van der Waals surface area (Å²) >= 11 is 0. The van der Waals surface area contributed by atoms with E-state index in [9.17, 15) is 28.8 Å². The van der Waals surface area contributed by atoms with Crippen molar-refractivity contribution in [1.29, 1.82) is 0 Å². The van der Waals surface area contributed by atoms with Gasteiger partial charge in [-0.2, -0.15) is 0 Å². The zero-order chi connectivity index (χ0) is 66.7. The summed E-state index contributed by atoms with van der Waals surface area (Å²) in [6.07, 6.45) is 41.3. The Balaban J connectivity index is 5.72. The number of ether oxygens (including phenoxy) is 4. The van der Waals surface area contributed by atoms with Crippen LogP contribution in [0.25, 0.3) is 0 Å². The van der Waals surface area contributed by atoms with E-state index >= 15 is 0 Å². The van der Waals surface area contributed by atoms with Crippen LogP contribution in [-0.2, 0) is 28.5 Å². The maximum absolute atomic E-state index is 14.0. The van der Waals surface area contributed by atoms with E-state index in [4.69, 9.17) is 18.9 Å². The van der Waals surface area contributed by atoms with Gasteiger partial charge in [0.2, 0.25) is 11.8 Å². The highest BCUT2D eigenvalue weighted by atomic mass is 33.1. The average molecular weight is 1300 g/mol. The number of nitrogens with zero attached hydrogens (tertiary/aromatic N) is 3. The number of amides is 6. The number of carbonyl (C=O) groups is 6. The maximum atomic E-state index is 14.0. The van der Waals surface area contributed by atoms with Crippen molar-refractivity contribution in [3.8, 4) is 0 Å².